The molecule has 1 rings (SSSR count). The number of rotatable bonds is 8. The summed E-state index contributed by atoms with van der Waals surface area (Å²) in [6, 6.07) is 6.53. The van der Waals surface area contributed by atoms with Crippen molar-refractivity contribution in [1.82, 2.24) is 0 Å². The maximum absolute atomic E-state index is 5.96. The number of ether oxygens (including phenoxy) is 1. The Morgan fingerprint density at radius 2 is 1.62 bits per heavy atom. The predicted molar refractivity (Wildman–Crippen MR) is 90.9 cm³/mol. The van der Waals surface area contributed by atoms with Gasteiger partial charge in [-0.3, -0.25) is 0 Å². The fourth-order valence-corrected chi connectivity index (χ4v) is 2.47. The normalized spacial score (nSPS) is 13.2. The largest absolute Gasteiger partial charge is 0.493 e. The van der Waals surface area contributed by atoms with Crippen LogP contribution in [0.4, 0.5) is 0 Å². The Hall–Kier alpha value is -1.06. The third-order valence-electron chi connectivity index (χ3n) is 4.07. The summed E-state index contributed by atoms with van der Waals surface area (Å²) in [6.45, 7) is 12.9. The standard InChI is InChI=1S/C18H32N2O/c1-12(2)11-21-18-7-6-15(8-17(18)13(3)4)14(5)16(9-19)10-20/h6-8,12-14,16H,9-11,19-20H2,1-5H3. The first kappa shape index (κ1) is 18.0. The summed E-state index contributed by atoms with van der Waals surface area (Å²) in [7, 11) is 0. The number of nitrogens with two attached hydrogens (primary N) is 2. The van der Waals surface area contributed by atoms with E-state index < -0.39 is 0 Å². The molecule has 0 saturated carbocycles. The van der Waals surface area contributed by atoms with E-state index >= 15 is 0 Å². The van der Waals surface area contributed by atoms with E-state index in [1.807, 2.05) is 0 Å². The lowest BCUT2D eigenvalue weighted by Crippen LogP contribution is -2.28. The summed E-state index contributed by atoms with van der Waals surface area (Å²) in [5.74, 6) is 2.67. The lowest BCUT2D eigenvalue weighted by atomic mass is 9.85. The van der Waals surface area contributed by atoms with Gasteiger partial charge >= 0.3 is 0 Å². The summed E-state index contributed by atoms with van der Waals surface area (Å²) >= 11 is 0. The third-order valence-corrected chi connectivity index (χ3v) is 4.07. The maximum atomic E-state index is 5.96. The minimum atomic E-state index is 0.326. The van der Waals surface area contributed by atoms with Gasteiger partial charge in [0.05, 0.1) is 6.61 Å². The van der Waals surface area contributed by atoms with Gasteiger partial charge in [-0.05, 0) is 54.0 Å². The summed E-state index contributed by atoms with van der Waals surface area (Å²) in [4.78, 5) is 0. The molecule has 120 valence electrons. The van der Waals surface area contributed by atoms with Crippen molar-refractivity contribution in [3.63, 3.8) is 0 Å². The van der Waals surface area contributed by atoms with Gasteiger partial charge in [0.15, 0.2) is 0 Å². The van der Waals surface area contributed by atoms with Crippen LogP contribution in [-0.2, 0) is 0 Å². The molecular weight excluding hydrogens is 260 g/mol. The van der Waals surface area contributed by atoms with Crippen LogP contribution in [0.5, 0.6) is 5.75 Å². The van der Waals surface area contributed by atoms with Gasteiger partial charge in [-0.2, -0.15) is 0 Å². The second-order valence-corrected chi connectivity index (χ2v) is 6.68. The molecule has 0 spiro atoms. The highest BCUT2D eigenvalue weighted by atomic mass is 16.5. The second-order valence-electron chi connectivity index (χ2n) is 6.68. The van der Waals surface area contributed by atoms with Crippen molar-refractivity contribution in [2.45, 2.75) is 46.5 Å². The zero-order valence-corrected chi connectivity index (χ0v) is 14.2. The molecule has 0 radical (unpaired) electrons. The monoisotopic (exact) mass is 292 g/mol. The van der Waals surface area contributed by atoms with Crippen molar-refractivity contribution in [2.24, 2.45) is 23.3 Å². The van der Waals surface area contributed by atoms with E-state index in [2.05, 4.69) is 52.8 Å². The molecule has 0 bridgehead atoms. The summed E-state index contributed by atoms with van der Waals surface area (Å²) in [5.41, 5.74) is 14.2. The highest BCUT2D eigenvalue weighted by Crippen LogP contribution is 2.32. The molecule has 0 aliphatic rings. The van der Waals surface area contributed by atoms with Crippen molar-refractivity contribution in [2.75, 3.05) is 19.7 Å². The topological polar surface area (TPSA) is 61.3 Å². The van der Waals surface area contributed by atoms with Crippen LogP contribution in [-0.4, -0.2) is 19.7 Å². The van der Waals surface area contributed by atoms with Gasteiger partial charge in [0.2, 0.25) is 0 Å². The minimum absolute atomic E-state index is 0.326. The SMILES string of the molecule is CC(C)COc1ccc(C(C)C(CN)CN)cc1C(C)C. The molecule has 1 aromatic rings. The van der Waals surface area contributed by atoms with Gasteiger partial charge in [-0.15, -0.1) is 0 Å². The van der Waals surface area contributed by atoms with Crippen LogP contribution in [0.3, 0.4) is 0 Å². The first-order valence-corrected chi connectivity index (χ1v) is 8.07. The molecular formula is C18H32N2O. The van der Waals surface area contributed by atoms with E-state index in [4.69, 9.17) is 16.2 Å². The van der Waals surface area contributed by atoms with Crippen LogP contribution < -0.4 is 16.2 Å². The Morgan fingerprint density at radius 3 is 2.10 bits per heavy atom. The smallest absolute Gasteiger partial charge is 0.122 e. The maximum Gasteiger partial charge on any atom is 0.122 e. The Bertz CT molecular complexity index is 425. The van der Waals surface area contributed by atoms with Crippen LogP contribution in [0.15, 0.2) is 18.2 Å². The minimum Gasteiger partial charge on any atom is -0.493 e. The molecule has 3 heteroatoms. The lowest BCUT2D eigenvalue weighted by Gasteiger charge is -2.23. The molecule has 0 amide bonds. The number of hydrogen-bond acceptors (Lipinski definition) is 3. The van der Waals surface area contributed by atoms with Crippen molar-refractivity contribution < 1.29 is 4.74 Å². The zero-order chi connectivity index (χ0) is 16.0. The highest BCUT2D eigenvalue weighted by molar-refractivity contribution is 5.40. The molecule has 1 aromatic carbocycles. The van der Waals surface area contributed by atoms with E-state index in [9.17, 15) is 0 Å². The summed E-state index contributed by atoms with van der Waals surface area (Å²) in [6.07, 6.45) is 0. The van der Waals surface area contributed by atoms with Gasteiger partial charge in [0, 0.05) is 0 Å². The molecule has 0 aliphatic carbocycles. The fraction of sp³-hybridized carbons (Fsp3) is 0.667. The van der Waals surface area contributed by atoms with Crippen molar-refractivity contribution >= 4 is 0 Å². The first-order chi connectivity index (χ1) is 9.90. The molecule has 4 N–H and O–H groups in total. The molecule has 0 heterocycles. The lowest BCUT2D eigenvalue weighted by molar-refractivity contribution is 0.267. The van der Waals surface area contributed by atoms with E-state index in [1.165, 1.54) is 11.1 Å². The Morgan fingerprint density at radius 1 is 1.00 bits per heavy atom. The van der Waals surface area contributed by atoms with Crippen LogP contribution in [0.25, 0.3) is 0 Å². The van der Waals surface area contributed by atoms with Crippen molar-refractivity contribution in [3.8, 4) is 5.75 Å². The van der Waals surface area contributed by atoms with E-state index in [1.54, 1.807) is 0 Å². The van der Waals surface area contributed by atoms with Crippen LogP contribution in [0, 0.1) is 11.8 Å². The Balaban J connectivity index is 3.02. The molecule has 0 fully saturated rings. The average molecular weight is 292 g/mol. The Kier molecular flexibility index (Phi) is 7.20. The van der Waals surface area contributed by atoms with Gasteiger partial charge in [0.1, 0.15) is 5.75 Å². The van der Waals surface area contributed by atoms with E-state index in [0.717, 1.165) is 12.4 Å². The highest BCUT2D eigenvalue weighted by Gasteiger charge is 2.18. The van der Waals surface area contributed by atoms with Gasteiger partial charge in [-0.25, -0.2) is 0 Å². The van der Waals surface area contributed by atoms with Crippen LogP contribution in [0.1, 0.15) is 57.6 Å². The van der Waals surface area contributed by atoms with Crippen LogP contribution in [0.2, 0.25) is 0 Å². The molecule has 21 heavy (non-hydrogen) atoms. The molecule has 0 aliphatic heterocycles. The first-order valence-electron chi connectivity index (χ1n) is 8.07. The third kappa shape index (κ3) is 5.01. The number of benzene rings is 1. The fourth-order valence-electron chi connectivity index (χ4n) is 2.47. The number of hydrogen-bond donors (Lipinski definition) is 2. The molecule has 1 atom stereocenters. The van der Waals surface area contributed by atoms with Gasteiger partial charge in [0.25, 0.3) is 0 Å². The van der Waals surface area contributed by atoms with Gasteiger partial charge < -0.3 is 16.2 Å². The van der Waals surface area contributed by atoms with Crippen molar-refractivity contribution in [1.29, 1.82) is 0 Å². The molecule has 1 unspecified atom stereocenters. The molecule has 0 aromatic heterocycles. The molecule has 0 saturated heterocycles. The van der Waals surface area contributed by atoms with E-state index in [-0.39, 0.29) is 0 Å². The zero-order valence-electron chi connectivity index (χ0n) is 14.2. The predicted octanol–water partition coefficient (Wildman–Crippen LogP) is 3.48. The summed E-state index contributed by atoms with van der Waals surface area (Å²) < 4.78 is 5.96. The van der Waals surface area contributed by atoms with Gasteiger partial charge in [-0.1, -0.05) is 46.8 Å². The van der Waals surface area contributed by atoms with Crippen molar-refractivity contribution in [3.05, 3.63) is 29.3 Å². The second kappa shape index (κ2) is 8.40. The Labute approximate surface area is 130 Å². The van der Waals surface area contributed by atoms with Crippen LogP contribution >= 0.6 is 0 Å². The average Bonchev–Trinajstić information content (AvgIpc) is 2.45. The molecule has 3 nitrogen and oxygen atoms in total. The summed E-state index contributed by atoms with van der Waals surface area (Å²) in [5, 5.41) is 0. The van der Waals surface area contributed by atoms with E-state index in [0.29, 0.717) is 36.8 Å². The quantitative estimate of drug-likeness (QED) is 0.771.